The summed E-state index contributed by atoms with van der Waals surface area (Å²) in [5, 5.41) is 31.3. The largest absolute Gasteiger partial charge is 0.477 e. The molecule has 1 N–H and O–H groups in total. The Balaban J connectivity index is 2.24. The van der Waals surface area contributed by atoms with E-state index in [9.17, 15) is 34.9 Å². The molecule has 1 aromatic heterocycles. The van der Waals surface area contributed by atoms with Gasteiger partial charge in [0.25, 0.3) is 16.9 Å². The Kier molecular flexibility index (Phi) is 4.38. The molecule has 0 aliphatic rings. The molecule has 3 aromatic rings. The van der Waals surface area contributed by atoms with Gasteiger partial charge < -0.3 is 9.67 Å². The van der Waals surface area contributed by atoms with Gasteiger partial charge in [-0.05, 0) is 17.7 Å². The molecule has 0 unspecified atom stereocenters. The minimum Gasteiger partial charge on any atom is -0.477 e. The number of carboxylic acids is 1. The molecule has 0 amide bonds. The van der Waals surface area contributed by atoms with Gasteiger partial charge in [0, 0.05) is 18.2 Å². The first-order valence-corrected chi connectivity index (χ1v) is 7.57. The van der Waals surface area contributed by atoms with Crippen molar-refractivity contribution in [3.63, 3.8) is 0 Å². The number of hydrogen-bond acceptors (Lipinski definition) is 6. The number of hydrogen-bond donors (Lipinski definition) is 1. The van der Waals surface area contributed by atoms with E-state index in [0.717, 1.165) is 10.6 Å². The fourth-order valence-corrected chi connectivity index (χ4v) is 2.76. The Morgan fingerprint density at radius 2 is 1.70 bits per heavy atom. The van der Waals surface area contributed by atoms with E-state index in [1.165, 1.54) is 42.5 Å². The zero-order chi connectivity index (χ0) is 19.7. The minimum atomic E-state index is -1.50. The maximum atomic E-state index is 12.6. The van der Waals surface area contributed by atoms with Crippen molar-refractivity contribution in [3.8, 4) is 0 Å². The van der Waals surface area contributed by atoms with Crippen molar-refractivity contribution < 1.29 is 19.7 Å². The van der Waals surface area contributed by atoms with Crippen molar-refractivity contribution in [3.05, 3.63) is 90.2 Å². The first-order valence-electron chi connectivity index (χ1n) is 7.57. The van der Waals surface area contributed by atoms with Gasteiger partial charge >= 0.3 is 5.97 Å². The van der Waals surface area contributed by atoms with Crippen molar-refractivity contribution in [2.75, 3.05) is 0 Å². The van der Waals surface area contributed by atoms with Crippen molar-refractivity contribution >= 4 is 28.2 Å². The van der Waals surface area contributed by atoms with Crippen LogP contribution in [0.2, 0.25) is 0 Å². The zero-order valence-electron chi connectivity index (χ0n) is 13.6. The summed E-state index contributed by atoms with van der Waals surface area (Å²) in [5.74, 6) is -1.50. The van der Waals surface area contributed by atoms with Crippen LogP contribution in [0.25, 0.3) is 10.9 Å². The van der Waals surface area contributed by atoms with Crippen molar-refractivity contribution in [1.29, 1.82) is 0 Å². The Bertz CT molecular complexity index is 1150. The van der Waals surface area contributed by atoms with Crippen LogP contribution in [0.15, 0.2) is 53.3 Å². The number of aromatic nitrogens is 1. The third-order valence-electron chi connectivity index (χ3n) is 4.03. The summed E-state index contributed by atoms with van der Waals surface area (Å²) in [5.41, 5.74) is -1.19. The summed E-state index contributed by atoms with van der Waals surface area (Å²) in [6.07, 6.45) is 0. The Hall–Kier alpha value is -4.08. The van der Waals surface area contributed by atoms with Gasteiger partial charge in [-0.1, -0.05) is 18.2 Å². The maximum Gasteiger partial charge on any atom is 0.341 e. The quantitative estimate of drug-likeness (QED) is 0.537. The van der Waals surface area contributed by atoms with Crippen LogP contribution in [0.3, 0.4) is 0 Å². The van der Waals surface area contributed by atoms with E-state index in [4.69, 9.17) is 0 Å². The van der Waals surface area contributed by atoms with Crippen molar-refractivity contribution in [2.24, 2.45) is 0 Å². The van der Waals surface area contributed by atoms with Gasteiger partial charge in [-0.25, -0.2) is 4.79 Å². The van der Waals surface area contributed by atoms with E-state index in [-0.39, 0.29) is 28.8 Å². The molecule has 0 fully saturated rings. The van der Waals surface area contributed by atoms with Crippen LogP contribution in [0.1, 0.15) is 15.9 Å². The lowest BCUT2D eigenvalue weighted by molar-refractivity contribution is -0.384. The first-order chi connectivity index (χ1) is 12.8. The molecule has 0 saturated heterocycles. The summed E-state index contributed by atoms with van der Waals surface area (Å²) in [6.45, 7) is -0.102. The second kappa shape index (κ2) is 6.67. The molecule has 0 aliphatic carbocycles. The molecule has 27 heavy (non-hydrogen) atoms. The Morgan fingerprint density at radius 1 is 1.04 bits per heavy atom. The summed E-state index contributed by atoms with van der Waals surface area (Å²) in [6, 6.07) is 10.5. The molecular formula is C17H11N3O7. The first kappa shape index (κ1) is 17.7. The smallest absolute Gasteiger partial charge is 0.341 e. The third kappa shape index (κ3) is 3.23. The number of fused-ring (bicyclic) bond motifs is 1. The van der Waals surface area contributed by atoms with E-state index in [2.05, 4.69) is 0 Å². The maximum absolute atomic E-state index is 12.6. The molecule has 2 aromatic carbocycles. The number of carbonyl (C=O) groups is 1. The molecule has 0 saturated carbocycles. The predicted octanol–water partition coefficient (Wildman–Crippen LogP) is 2.56. The third-order valence-corrected chi connectivity index (χ3v) is 4.03. The van der Waals surface area contributed by atoms with Crippen LogP contribution in [-0.2, 0) is 6.54 Å². The highest BCUT2D eigenvalue weighted by molar-refractivity contribution is 5.96. The standard InChI is InChI=1S/C17H11N3O7/c21-16-13(17(22)23)8-12-14(2-1-3-15(12)20(26)27)18(16)9-10-4-6-11(7-5-10)19(24)25/h1-8H,9H2,(H,22,23). The Labute approximate surface area is 150 Å². The van der Waals surface area contributed by atoms with Gasteiger partial charge in [0.05, 0.1) is 27.3 Å². The van der Waals surface area contributed by atoms with E-state index < -0.39 is 26.9 Å². The monoisotopic (exact) mass is 369 g/mol. The molecule has 1 heterocycles. The van der Waals surface area contributed by atoms with Crippen LogP contribution in [0, 0.1) is 20.2 Å². The van der Waals surface area contributed by atoms with Crippen molar-refractivity contribution in [1.82, 2.24) is 4.57 Å². The summed E-state index contributed by atoms with van der Waals surface area (Å²) in [7, 11) is 0. The summed E-state index contributed by atoms with van der Waals surface area (Å²) in [4.78, 5) is 44.8. The number of nitro benzene ring substituents is 2. The molecule has 0 radical (unpaired) electrons. The highest BCUT2D eigenvalue weighted by atomic mass is 16.6. The van der Waals surface area contributed by atoms with Gasteiger partial charge in [0.15, 0.2) is 0 Å². The van der Waals surface area contributed by atoms with Crippen molar-refractivity contribution in [2.45, 2.75) is 6.54 Å². The lowest BCUT2D eigenvalue weighted by atomic mass is 10.1. The van der Waals surface area contributed by atoms with E-state index >= 15 is 0 Å². The molecule has 0 aliphatic heterocycles. The van der Waals surface area contributed by atoms with Crippen LogP contribution in [-0.4, -0.2) is 25.5 Å². The molecule has 10 nitrogen and oxygen atoms in total. The molecule has 136 valence electrons. The minimum absolute atomic E-state index is 0.0152. The Morgan fingerprint density at radius 3 is 2.26 bits per heavy atom. The van der Waals surface area contributed by atoms with Gasteiger partial charge in [-0.15, -0.1) is 0 Å². The highest BCUT2D eigenvalue weighted by Crippen LogP contribution is 2.26. The van der Waals surface area contributed by atoms with Crippen LogP contribution in [0.4, 0.5) is 11.4 Å². The highest BCUT2D eigenvalue weighted by Gasteiger charge is 2.20. The number of nitro groups is 2. The molecule has 0 spiro atoms. The lowest BCUT2D eigenvalue weighted by Crippen LogP contribution is -2.27. The number of pyridine rings is 1. The number of non-ortho nitro benzene ring substituents is 2. The average Bonchev–Trinajstić information content (AvgIpc) is 2.63. The summed E-state index contributed by atoms with van der Waals surface area (Å²) < 4.78 is 1.10. The molecule has 10 heteroatoms. The van der Waals surface area contributed by atoms with E-state index in [1.807, 2.05) is 0 Å². The van der Waals surface area contributed by atoms with Crippen LogP contribution in [0.5, 0.6) is 0 Å². The average molecular weight is 369 g/mol. The van der Waals surface area contributed by atoms with Gasteiger partial charge in [0.2, 0.25) is 0 Å². The van der Waals surface area contributed by atoms with Gasteiger partial charge in [0.1, 0.15) is 5.56 Å². The SMILES string of the molecule is O=C(O)c1cc2c([N+](=O)[O-])cccc2n(Cc2ccc([N+](=O)[O-])cc2)c1=O. The van der Waals surface area contributed by atoms with Crippen LogP contribution >= 0.6 is 0 Å². The lowest BCUT2D eigenvalue weighted by Gasteiger charge is -2.12. The van der Waals surface area contributed by atoms with E-state index in [0.29, 0.717) is 5.56 Å². The fraction of sp³-hybridized carbons (Fsp3) is 0.0588. The van der Waals surface area contributed by atoms with Crippen LogP contribution < -0.4 is 5.56 Å². The molecular weight excluding hydrogens is 358 g/mol. The number of nitrogens with zero attached hydrogens (tertiary/aromatic N) is 3. The summed E-state index contributed by atoms with van der Waals surface area (Å²) >= 11 is 0. The second-order valence-electron chi connectivity index (χ2n) is 5.65. The predicted molar refractivity (Wildman–Crippen MR) is 94.0 cm³/mol. The number of carboxylic acid groups (broad SMARTS) is 1. The number of rotatable bonds is 5. The topological polar surface area (TPSA) is 146 Å². The zero-order valence-corrected chi connectivity index (χ0v) is 13.6. The fourth-order valence-electron chi connectivity index (χ4n) is 2.76. The van der Waals surface area contributed by atoms with E-state index in [1.54, 1.807) is 0 Å². The normalized spacial score (nSPS) is 10.7. The number of benzene rings is 2. The molecule has 0 bridgehead atoms. The molecule has 0 atom stereocenters. The van der Waals surface area contributed by atoms with Gasteiger partial charge in [-0.2, -0.15) is 0 Å². The molecule has 3 rings (SSSR count). The second-order valence-corrected chi connectivity index (χ2v) is 5.65. The number of aromatic carboxylic acids is 1. The van der Waals surface area contributed by atoms with Gasteiger partial charge in [-0.3, -0.25) is 25.0 Å².